The summed E-state index contributed by atoms with van der Waals surface area (Å²) in [5.74, 6) is -1.48. The van der Waals surface area contributed by atoms with Crippen molar-refractivity contribution in [1.29, 1.82) is 0 Å². The van der Waals surface area contributed by atoms with Crippen molar-refractivity contribution >= 4 is 0 Å². The van der Waals surface area contributed by atoms with Gasteiger partial charge in [0.25, 0.3) is 0 Å². The Morgan fingerprint density at radius 2 is 2.11 bits per heavy atom. The van der Waals surface area contributed by atoms with Gasteiger partial charge >= 0.3 is 0 Å². The predicted octanol–water partition coefficient (Wildman–Crippen LogP) is 2.80. The highest BCUT2D eigenvalue weighted by Crippen LogP contribution is 2.21. The van der Waals surface area contributed by atoms with Gasteiger partial charge in [0.05, 0.1) is 0 Å². The number of benzene rings is 1. The van der Waals surface area contributed by atoms with Gasteiger partial charge in [0, 0.05) is 31.9 Å². The minimum absolute atomic E-state index is 0.408. The van der Waals surface area contributed by atoms with Crippen LogP contribution in [0.1, 0.15) is 30.4 Å². The summed E-state index contributed by atoms with van der Waals surface area (Å²) < 4.78 is 32.0. The summed E-state index contributed by atoms with van der Waals surface area (Å²) in [6, 6.07) is 3.53. The summed E-state index contributed by atoms with van der Waals surface area (Å²) in [6.07, 6.45) is 3.80. The SMILES string of the molecule is COCCCc1cc(F)c(F)c(CNC2CC2)c1. The molecule has 0 aromatic heterocycles. The second-order valence-corrected chi connectivity index (χ2v) is 4.80. The number of methoxy groups -OCH3 is 1. The molecule has 0 bridgehead atoms. The summed E-state index contributed by atoms with van der Waals surface area (Å²) in [5.41, 5.74) is 1.26. The van der Waals surface area contributed by atoms with Crippen molar-refractivity contribution in [3.8, 4) is 0 Å². The third-order valence-corrected chi connectivity index (χ3v) is 3.14. The standard InChI is InChI=1S/C14H19F2NO/c1-18-6-2-3-10-7-11(9-17-12-4-5-12)14(16)13(15)8-10/h7-8,12,17H,2-6,9H2,1H3. The Balaban J connectivity index is 2.00. The van der Waals surface area contributed by atoms with Crippen LogP contribution in [-0.2, 0) is 17.7 Å². The number of ether oxygens (including phenoxy) is 1. The first-order chi connectivity index (χ1) is 8.70. The van der Waals surface area contributed by atoms with Crippen molar-refractivity contribution < 1.29 is 13.5 Å². The molecule has 1 fully saturated rings. The minimum Gasteiger partial charge on any atom is -0.385 e. The van der Waals surface area contributed by atoms with Gasteiger partial charge in [-0.25, -0.2) is 8.78 Å². The predicted molar refractivity (Wildman–Crippen MR) is 66.4 cm³/mol. The molecule has 0 aliphatic heterocycles. The minimum atomic E-state index is -0.752. The maximum Gasteiger partial charge on any atom is 0.163 e. The van der Waals surface area contributed by atoms with Gasteiger partial charge in [0.15, 0.2) is 11.6 Å². The van der Waals surface area contributed by atoms with Gasteiger partial charge in [-0.3, -0.25) is 0 Å². The van der Waals surface area contributed by atoms with Gasteiger partial charge in [-0.1, -0.05) is 6.07 Å². The van der Waals surface area contributed by atoms with Crippen LogP contribution in [-0.4, -0.2) is 19.8 Å². The van der Waals surface area contributed by atoms with Gasteiger partial charge in [-0.05, 0) is 37.3 Å². The van der Waals surface area contributed by atoms with Crippen LogP contribution in [0.15, 0.2) is 12.1 Å². The largest absolute Gasteiger partial charge is 0.385 e. The first-order valence-corrected chi connectivity index (χ1v) is 6.40. The average molecular weight is 255 g/mol. The van der Waals surface area contributed by atoms with Gasteiger partial charge in [-0.15, -0.1) is 0 Å². The average Bonchev–Trinajstić information content (AvgIpc) is 3.16. The molecule has 18 heavy (non-hydrogen) atoms. The lowest BCUT2D eigenvalue weighted by atomic mass is 10.1. The molecule has 2 nitrogen and oxygen atoms in total. The van der Waals surface area contributed by atoms with Crippen LogP contribution in [0.5, 0.6) is 0 Å². The van der Waals surface area contributed by atoms with Crippen molar-refractivity contribution in [2.24, 2.45) is 0 Å². The molecular weight excluding hydrogens is 236 g/mol. The molecule has 2 rings (SSSR count). The van der Waals surface area contributed by atoms with Crippen molar-refractivity contribution in [2.45, 2.75) is 38.3 Å². The molecule has 1 aliphatic rings. The molecule has 0 atom stereocenters. The van der Waals surface area contributed by atoms with Crippen LogP contribution in [0.3, 0.4) is 0 Å². The summed E-state index contributed by atoms with van der Waals surface area (Å²) >= 11 is 0. The van der Waals surface area contributed by atoms with E-state index in [4.69, 9.17) is 4.74 Å². The normalized spacial score (nSPS) is 15.1. The van der Waals surface area contributed by atoms with E-state index in [1.165, 1.54) is 6.07 Å². The van der Waals surface area contributed by atoms with E-state index < -0.39 is 11.6 Å². The first kappa shape index (κ1) is 13.4. The quantitative estimate of drug-likeness (QED) is 0.756. The fourth-order valence-electron chi connectivity index (χ4n) is 1.94. The van der Waals surface area contributed by atoms with E-state index in [0.717, 1.165) is 24.8 Å². The number of hydrogen-bond acceptors (Lipinski definition) is 2. The molecular formula is C14H19F2NO. The topological polar surface area (TPSA) is 21.3 Å². The number of rotatable bonds is 7. The Morgan fingerprint density at radius 3 is 2.78 bits per heavy atom. The number of nitrogens with one attached hydrogen (secondary N) is 1. The fourth-order valence-corrected chi connectivity index (χ4v) is 1.94. The van der Waals surface area contributed by atoms with E-state index in [-0.39, 0.29) is 0 Å². The molecule has 1 aliphatic carbocycles. The summed E-state index contributed by atoms with van der Waals surface area (Å²) in [4.78, 5) is 0. The van der Waals surface area contributed by atoms with Crippen LogP contribution in [0.2, 0.25) is 0 Å². The molecule has 0 heterocycles. The highest BCUT2D eigenvalue weighted by Gasteiger charge is 2.21. The van der Waals surface area contributed by atoms with Crippen molar-refractivity contribution in [3.63, 3.8) is 0 Å². The second kappa shape index (κ2) is 6.25. The Hall–Kier alpha value is -1.00. The fraction of sp³-hybridized carbons (Fsp3) is 0.571. The van der Waals surface area contributed by atoms with Crippen LogP contribution in [0.4, 0.5) is 8.78 Å². The zero-order chi connectivity index (χ0) is 13.0. The van der Waals surface area contributed by atoms with Crippen LogP contribution >= 0.6 is 0 Å². The summed E-state index contributed by atoms with van der Waals surface area (Å²) in [5, 5.41) is 3.20. The van der Waals surface area contributed by atoms with E-state index in [1.54, 1.807) is 13.2 Å². The van der Waals surface area contributed by atoms with Crippen LogP contribution in [0.25, 0.3) is 0 Å². The van der Waals surface area contributed by atoms with Gasteiger partial charge in [0.2, 0.25) is 0 Å². The smallest absolute Gasteiger partial charge is 0.163 e. The van der Waals surface area contributed by atoms with E-state index in [9.17, 15) is 8.78 Å². The lowest BCUT2D eigenvalue weighted by Gasteiger charge is -2.09. The van der Waals surface area contributed by atoms with E-state index in [1.807, 2.05) is 0 Å². The zero-order valence-corrected chi connectivity index (χ0v) is 10.6. The molecule has 0 radical (unpaired) electrons. The number of hydrogen-bond donors (Lipinski definition) is 1. The number of aryl methyl sites for hydroxylation is 1. The molecule has 1 aromatic carbocycles. The third-order valence-electron chi connectivity index (χ3n) is 3.14. The molecule has 1 N–H and O–H groups in total. The molecule has 1 saturated carbocycles. The lowest BCUT2D eigenvalue weighted by molar-refractivity contribution is 0.195. The molecule has 0 spiro atoms. The lowest BCUT2D eigenvalue weighted by Crippen LogP contribution is -2.17. The highest BCUT2D eigenvalue weighted by atomic mass is 19.2. The Morgan fingerprint density at radius 1 is 1.33 bits per heavy atom. The second-order valence-electron chi connectivity index (χ2n) is 4.80. The van der Waals surface area contributed by atoms with Gasteiger partial charge in [0.1, 0.15) is 0 Å². The van der Waals surface area contributed by atoms with Crippen LogP contribution in [0, 0.1) is 11.6 Å². The summed E-state index contributed by atoms with van der Waals surface area (Å²) in [6.45, 7) is 1.04. The monoisotopic (exact) mass is 255 g/mol. The number of halogens is 2. The van der Waals surface area contributed by atoms with Gasteiger partial charge in [-0.2, -0.15) is 0 Å². The van der Waals surface area contributed by atoms with E-state index in [2.05, 4.69) is 5.32 Å². The van der Waals surface area contributed by atoms with Crippen molar-refractivity contribution in [1.82, 2.24) is 5.32 Å². The highest BCUT2D eigenvalue weighted by molar-refractivity contribution is 5.26. The molecule has 1 aromatic rings. The van der Waals surface area contributed by atoms with E-state index in [0.29, 0.717) is 31.2 Å². The third kappa shape index (κ3) is 3.75. The molecule has 0 unspecified atom stereocenters. The Kier molecular flexibility index (Phi) is 4.66. The van der Waals surface area contributed by atoms with Gasteiger partial charge < -0.3 is 10.1 Å². The Bertz CT molecular complexity index is 405. The molecule has 0 saturated heterocycles. The van der Waals surface area contributed by atoms with E-state index >= 15 is 0 Å². The molecule has 100 valence electrons. The van der Waals surface area contributed by atoms with Crippen LogP contribution < -0.4 is 5.32 Å². The first-order valence-electron chi connectivity index (χ1n) is 6.40. The maximum atomic E-state index is 13.6. The molecule has 4 heteroatoms. The zero-order valence-electron chi connectivity index (χ0n) is 10.6. The summed E-state index contributed by atoms with van der Waals surface area (Å²) in [7, 11) is 1.64. The Labute approximate surface area is 106 Å². The van der Waals surface area contributed by atoms with Crippen molar-refractivity contribution in [2.75, 3.05) is 13.7 Å². The molecule has 0 amide bonds. The van der Waals surface area contributed by atoms with Crippen molar-refractivity contribution in [3.05, 3.63) is 34.9 Å². The maximum absolute atomic E-state index is 13.6.